The van der Waals surface area contributed by atoms with Gasteiger partial charge in [-0.15, -0.1) is 0 Å². The third-order valence-electron chi connectivity index (χ3n) is 4.84. The maximum Gasteiger partial charge on any atom is 0.267 e. The monoisotopic (exact) mass is 396 g/mol. The van der Waals surface area contributed by atoms with Crippen LogP contribution in [0.5, 0.6) is 0 Å². The van der Waals surface area contributed by atoms with Crippen molar-refractivity contribution in [3.05, 3.63) is 23.8 Å². The number of anilines is 1. The van der Waals surface area contributed by atoms with E-state index in [0.29, 0.717) is 45.0 Å². The Morgan fingerprint density at radius 2 is 1.74 bits per heavy atom. The van der Waals surface area contributed by atoms with E-state index in [1.54, 1.807) is 31.2 Å². The van der Waals surface area contributed by atoms with Crippen molar-refractivity contribution in [2.45, 2.75) is 24.2 Å². The van der Waals surface area contributed by atoms with E-state index in [1.807, 2.05) is 0 Å². The molecule has 3 rings (SSSR count). The summed E-state index contributed by atoms with van der Waals surface area (Å²) in [6.07, 6.45) is 2.80. The molecule has 2 aliphatic heterocycles. The highest BCUT2D eigenvalue weighted by Gasteiger charge is 2.28. The van der Waals surface area contributed by atoms with Crippen LogP contribution in [0.2, 0.25) is 0 Å². The molecular weight excluding hydrogens is 368 g/mol. The summed E-state index contributed by atoms with van der Waals surface area (Å²) in [5, 5.41) is 1.55. The molecule has 2 saturated heterocycles. The van der Waals surface area contributed by atoms with Gasteiger partial charge >= 0.3 is 0 Å². The Labute approximate surface area is 161 Å². The SMILES string of the molecule is CN(C)NC(=O)c1cc(S(=O)(=O)N2CCCCC2)ccc1N1CCOCC1. The van der Waals surface area contributed by atoms with Gasteiger partial charge in [0.15, 0.2) is 0 Å². The smallest absolute Gasteiger partial charge is 0.267 e. The van der Waals surface area contributed by atoms with E-state index < -0.39 is 10.0 Å². The Morgan fingerprint density at radius 1 is 1.07 bits per heavy atom. The molecule has 0 saturated carbocycles. The third-order valence-corrected chi connectivity index (χ3v) is 6.74. The number of rotatable bonds is 5. The number of nitrogens with zero attached hydrogens (tertiary/aromatic N) is 3. The van der Waals surface area contributed by atoms with Crippen LogP contribution in [0.4, 0.5) is 5.69 Å². The first-order chi connectivity index (χ1) is 12.9. The fourth-order valence-electron chi connectivity index (χ4n) is 3.46. The molecule has 27 heavy (non-hydrogen) atoms. The number of morpholine rings is 1. The highest BCUT2D eigenvalue weighted by Crippen LogP contribution is 2.28. The van der Waals surface area contributed by atoms with Gasteiger partial charge in [-0.05, 0) is 31.0 Å². The number of amides is 1. The molecule has 1 aromatic rings. The Hall–Kier alpha value is -1.68. The predicted octanol–water partition coefficient (Wildman–Crippen LogP) is 0.904. The van der Waals surface area contributed by atoms with Gasteiger partial charge in [0.05, 0.1) is 23.7 Å². The molecule has 8 nitrogen and oxygen atoms in total. The lowest BCUT2D eigenvalue weighted by molar-refractivity contribution is 0.0855. The molecule has 0 aromatic heterocycles. The number of ether oxygens (including phenoxy) is 1. The quantitative estimate of drug-likeness (QED) is 0.745. The molecule has 2 aliphatic rings. The second-order valence-electron chi connectivity index (χ2n) is 7.08. The van der Waals surface area contributed by atoms with Gasteiger partial charge in [0.1, 0.15) is 0 Å². The van der Waals surface area contributed by atoms with Crippen LogP contribution in [0, 0.1) is 0 Å². The van der Waals surface area contributed by atoms with Gasteiger partial charge in [-0.3, -0.25) is 10.2 Å². The van der Waals surface area contributed by atoms with Crippen LogP contribution in [0.25, 0.3) is 0 Å². The molecule has 2 fully saturated rings. The molecule has 0 aliphatic carbocycles. The van der Waals surface area contributed by atoms with Gasteiger partial charge in [-0.25, -0.2) is 13.4 Å². The topological polar surface area (TPSA) is 82.2 Å². The number of carbonyl (C=O) groups is 1. The predicted molar refractivity (Wildman–Crippen MR) is 103 cm³/mol. The molecular formula is C18H28N4O4S. The number of carbonyl (C=O) groups excluding carboxylic acids is 1. The van der Waals surface area contributed by atoms with Crippen LogP contribution in [-0.2, 0) is 14.8 Å². The first-order valence-corrected chi connectivity index (χ1v) is 10.8. The number of hydrogen-bond acceptors (Lipinski definition) is 6. The summed E-state index contributed by atoms with van der Waals surface area (Å²) in [6, 6.07) is 4.86. The summed E-state index contributed by atoms with van der Waals surface area (Å²) in [5.41, 5.74) is 3.82. The van der Waals surface area contributed by atoms with Crippen molar-refractivity contribution in [2.24, 2.45) is 0 Å². The second-order valence-corrected chi connectivity index (χ2v) is 9.02. The number of benzene rings is 1. The Bertz CT molecular complexity index is 770. The molecule has 1 N–H and O–H groups in total. The molecule has 1 amide bonds. The molecule has 0 spiro atoms. The van der Waals surface area contributed by atoms with E-state index in [0.717, 1.165) is 24.9 Å². The molecule has 0 bridgehead atoms. The van der Waals surface area contributed by atoms with Gasteiger partial charge in [-0.2, -0.15) is 4.31 Å². The highest BCUT2D eigenvalue weighted by atomic mass is 32.2. The van der Waals surface area contributed by atoms with Gasteiger partial charge in [-0.1, -0.05) is 6.42 Å². The van der Waals surface area contributed by atoms with Crippen LogP contribution in [0.1, 0.15) is 29.6 Å². The van der Waals surface area contributed by atoms with E-state index in [4.69, 9.17) is 4.74 Å². The molecule has 1 aromatic carbocycles. The fraction of sp³-hybridized carbons (Fsp3) is 0.611. The lowest BCUT2D eigenvalue weighted by Crippen LogP contribution is -2.40. The van der Waals surface area contributed by atoms with Gasteiger partial charge in [0.2, 0.25) is 10.0 Å². The number of sulfonamides is 1. The van der Waals surface area contributed by atoms with Crippen molar-refractivity contribution < 1.29 is 17.9 Å². The van der Waals surface area contributed by atoms with Crippen LogP contribution < -0.4 is 10.3 Å². The molecule has 150 valence electrons. The zero-order chi connectivity index (χ0) is 19.4. The van der Waals surface area contributed by atoms with Gasteiger partial charge in [0.25, 0.3) is 5.91 Å². The number of nitrogens with one attached hydrogen (secondary N) is 1. The summed E-state index contributed by atoms with van der Waals surface area (Å²) >= 11 is 0. The van der Waals surface area contributed by atoms with Crippen molar-refractivity contribution in [1.82, 2.24) is 14.7 Å². The van der Waals surface area contributed by atoms with Crippen LogP contribution in [-0.4, -0.2) is 77.1 Å². The average Bonchev–Trinajstić information content (AvgIpc) is 2.68. The van der Waals surface area contributed by atoms with Crippen molar-refractivity contribution in [3.63, 3.8) is 0 Å². The van der Waals surface area contributed by atoms with Crippen LogP contribution in [0.3, 0.4) is 0 Å². The van der Waals surface area contributed by atoms with E-state index in [9.17, 15) is 13.2 Å². The van der Waals surface area contributed by atoms with E-state index in [1.165, 1.54) is 10.4 Å². The lowest BCUT2D eigenvalue weighted by atomic mass is 10.1. The average molecular weight is 397 g/mol. The summed E-state index contributed by atoms with van der Waals surface area (Å²) < 4.78 is 33.0. The summed E-state index contributed by atoms with van der Waals surface area (Å²) in [4.78, 5) is 15.0. The Morgan fingerprint density at radius 3 is 2.37 bits per heavy atom. The first kappa shape index (κ1) is 20.1. The Kier molecular flexibility index (Phi) is 6.36. The largest absolute Gasteiger partial charge is 0.378 e. The van der Waals surface area contributed by atoms with E-state index in [2.05, 4.69) is 10.3 Å². The highest BCUT2D eigenvalue weighted by molar-refractivity contribution is 7.89. The van der Waals surface area contributed by atoms with Crippen LogP contribution >= 0.6 is 0 Å². The first-order valence-electron chi connectivity index (χ1n) is 9.35. The number of piperidine rings is 1. The molecule has 0 radical (unpaired) electrons. The molecule has 2 heterocycles. The standard InChI is InChI=1S/C18H28N4O4S/c1-20(2)19-18(23)16-14-15(27(24,25)22-8-4-3-5-9-22)6-7-17(16)21-10-12-26-13-11-21/h6-7,14H,3-5,8-13H2,1-2H3,(H,19,23). The zero-order valence-electron chi connectivity index (χ0n) is 16.0. The minimum Gasteiger partial charge on any atom is -0.378 e. The molecule has 0 unspecified atom stereocenters. The summed E-state index contributed by atoms with van der Waals surface area (Å²) in [5.74, 6) is -0.322. The maximum atomic E-state index is 13.0. The number of hydrazine groups is 1. The van der Waals surface area contributed by atoms with Crippen molar-refractivity contribution in [1.29, 1.82) is 0 Å². The lowest BCUT2D eigenvalue weighted by Gasteiger charge is -2.31. The second kappa shape index (κ2) is 8.55. The van der Waals surface area contributed by atoms with Gasteiger partial charge in [0, 0.05) is 46.0 Å². The summed E-state index contributed by atoms with van der Waals surface area (Å²) in [6.45, 7) is 3.58. The Balaban J connectivity index is 1.97. The van der Waals surface area contributed by atoms with Crippen LogP contribution in [0.15, 0.2) is 23.1 Å². The van der Waals surface area contributed by atoms with Crippen molar-refractivity contribution in [2.75, 3.05) is 58.4 Å². The minimum absolute atomic E-state index is 0.172. The van der Waals surface area contributed by atoms with E-state index in [-0.39, 0.29) is 10.8 Å². The molecule has 9 heteroatoms. The normalized spacial score (nSPS) is 19.3. The van der Waals surface area contributed by atoms with Crippen molar-refractivity contribution >= 4 is 21.6 Å². The maximum absolute atomic E-state index is 13.0. The minimum atomic E-state index is -3.60. The third kappa shape index (κ3) is 4.60. The van der Waals surface area contributed by atoms with Gasteiger partial charge < -0.3 is 9.64 Å². The molecule has 0 atom stereocenters. The van der Waals surface area contributed by atoms with E-state index >= 15 is 0 Å². The van der Waals surface area contributed by atoms with Crippen molar-refractivity contribution in [3.8, 4) is 0 Å². The number of hydrogen-bond donors (Lipinski definition) is 1. The fourth-order valence-corrected chi connectivity index (χ4v) is 5.00. The zero-order valence-corrected chi connectivity index (χ0v) is 16.8. The summed E-state index contributed by atoms with van der Waals surface area (Å²) in [7, 11) is -0.152.